The Morgan fingerprint density at radius 1 is 1.70 bits per heavy atom. The van der Waals surface area contributed by atoms with Crippen LogP contribution in [0.2, 0.25) is 0 Å². The summed E-state index contributed by atoms with van der Waals surface area (Å²) >= 11 is 0. The lowest BCUT2D eigenvalue weighted by Crippen LogP contribution is -2.51. The van der Waals surface area contributed by atoms with Crippen molar-refractivity contribution in [3.05, 3.63) is 0 Å². The molecule has 1 aliphatic carbocycles. The van der Waals surface area contributed by atoms with Gasteiger partial charge in [-0.25, -0.2) is 0 Å². The average molecular weight is 143 g/mol. The molecule has 1 fully saturated rings. The molecule has 3 nitrogen and oxygen atoms in total. The molecule has 0 unspecified atom stereocenters. The molecule has 0 saturated heterocycles. The van der Waals surface area contributed by atoms with Crippen LogP contribution in [0.5, 0.6) is 0 Å². The summed E-state index contributed by atoms with van der Waals surface area (Å²) in [6.07, 6.45) is 1.53. The molecule has 1 rings (SSSR count). The topological polar surface area (TPSA) is 52.3 Å². The molecule has 58 valence electrons. The number of carbonyl (C=O) groups is 1. The van der Waals surface area contributed by atoms with E-state index in [1.165, 1.54) is 7.11 Å². The zero-order chi connectivity index (χ0) is 7.78. The van der Waals surface area contributed by atoms with Crippen LogP contribution in [-0.2, 0) is 9.53 Å². The number of hydrogen-bond donors (Lipinski definition) is 1. The van der Waals surface area contributed by atoms with E-state index in [4.69, 9.17) is 5.73 Å². The molecule has 1 saturated carbocycles. The number of rotatable bonds is 1. The predicted molar refractivity (Wildman–Crippen MR) is 37.3 cm³/mol. The van der Waals surface area contributed by atoms with Crippen molar-refractivity contribution in [3.63, 3.8) is 0 Å². The van der Waals surface area contributed by atoms with Gasteiger partial charge in [0.25, 0.3) is 0 Å². The Kier molecular flexibility index (Phi) is 1.68. The summed E-state index contributed by atoms with van der Waals surface area (Å²) in [5, 5.41) is 0. The first-order valence-electron chi connectivity index (χ1n) is 3.42. The van der Waals surface area contributed by atoms with E-state index in [-0.39, 0.29) is 17.4 Å². The molecular weight excluding hydrogens is 130 g/mol. The molecule has 10 heavy (non-hydrogen) atoms. The molecule has 0 atom stereocenters. The van der Waals surface area contributed by atoms with E-state index in [0.717, 1.165) is 12.8 Å². The van der Waals surface area contributed by atoms with Gasteiger partial charge < -0.3 is 10.5 Å². The van der Waals surface area contributed by atoms with Crippen molar-refractivity contribution in [2.24, 2.45) is 11.7 Å². The monoisotopic (exact) mass is 143 g/mol. The third-order valence-electron chi connectivity index (χ3n) is 1.96. The van der Waals surface area contributed by atoms with Crippen molar-refractivity contribution in [3.8, 4) is 0 Å². The molecule has 2 N–H and O–H groups in total. The van der Waals surface area contributed by atoms with Crippen molar-refractivity contribution in [2.45, 2.75) is 25.3 Å². The maximum Gasteiger partial charge on any atom is 0.308 e. The molecule has 1 aliphatic rings. The second-order valence-electron chi connectivity index (χ2n) is 3.28. The second kappa shape index (κ2) is 2.23. The van der Waals surface area contributed by atoms with Gasteiger partial charge in [0, 0.05) is 5.54 Å². The number of methoxy groups -OCH3 is 1. The highest BCUT2D eigenvalue weighted by atomic mass is 16.5. The van der Waals surface area contributed by atoms with Gasteiger partial charge in [0.2, 0.25) is 0 Å². The summed E-state index contributed by atoms with van der Waals surface area (Å²) in [5.74, 6) is -0.0667. The predicted octanol–water partition coefficient (Wildman–Crippen LogP) is 0.287. The maximum absolute atomic E-state index is 10.8. The summed E-state index contributed by atoms with van der Waals surface area (Å²) < 4.78 is 4.55. The number of ether oxygens (including phenoxy) is 1. The Labute approximate surface area is 60.5 Å². The van der Waals surface area contributed by atoms with Crippen molar-refractivity contribution in [1.29, 1.82) is 0 Å². The highest BCUT2D eigenvalue weighted by molar-refractivity contribution is 5.73. The lowest BCUT2D eigenvalue weighted by molar-refractivity contribution is -0.150. The van der Waals surface area contributed by atoms with Gasteiger partial charge in [0.15, 0.2) is 0 Å². The first-order chi connectivity index (χ1) is 4.55. The summed E-state index contributed by atoms with van der Waals surface area (Å²) in [5.41, 5.74) is 5.57. The van der Waals surface area contributed by atoms with Crippen LogP contribution in [0.1, 0.15) is 19.8 Å². The van der Waals surface area contributed by atoms with Gasteiger partial charge >= 0.3 is 5.97 Å². The fourth-order valence-corrected chi connectivity index (χ4v) is 1.40. The fraction of sp³-hybridized carbons (Fsp3) is 0.857. The quantitative estimate of drug-likeness (QED) is 0.537. The van der Waals surface area contributed by atoms with Crippen molar-refractivity contribution in [1.82, 2.24) is 0 Å². The summed E-state index contributed by atoms with van der Waals surface area (Å²) in [4.78, 5) is 10.8. The van der Waals surface area contributed by atoms with E-state index in [0.29, 0.717) is 0 Å². The molecule has 0 aliphatic heterocycles. The van der Waals surface area contributed by atoms with Gasteiger partial charge in [-0.2, -0.15) is 0 Å². The first kappa shape index (κ1) is 7.54. The van der Waals surface area contributed by atoms with E-state index in [1.807, 2.05) is 6.92 Å². The minimum Gasteiger partial charge on any atom is -0.469 e. The highest BCUT2D eigenvalue weighted by Gasteiger charge is 2.41. The van der Waals surface area contributed by atoms with Crippen LogP contribution in [0.15, 0.2) is 0 Å². The summed E-state index contributed by atoms with van der Waals surface area (Å²) in [7, 11) is 1.41. The second-order valence-corrected chi connectivity index (χ2v) is 3.28. The van der Waals surface area contributed by atoms with E-state index < -0.39 is 0 Å². The van der Waals surface area contributed by atoms with Crippen LogP contribution in [-0.4, -0.2) is 18.6 Å². The maximum atomic E-state index is 10.8. The third-order valence-corrected chi connectivity index (χ3v) is 1.96. The molecule has 0 aromatic carbocycles. The minimum absolute atomic E-state index is 0.0556. The zero-order valence-electron chi connectivity index (χ0n) is 6.39. The number of nitrogens with two attached hydrogens (primary N) is 1. The molecule has 0 bridgehead atoms. The van der Waals surface area contributed by atoms with Crippen LogP contribution in [0.25, 0.3) is 0 Å². The van der Waals surface area contributed by atoms with E-state index in [1.54, 1.807) is 0 Å². The largest absolute Gasteiger partial charge is 0.469 e. The smallest absolute Gasteiger partial charge is 0.308 e. The molecule has 0 aromatic rings. The number of carbonyl (C=O) groups excluding carboxylic acids is 1. The Morgan fingerprint density at radius 2 is 2.20 bits per heavy atom. The van der Waals surface area contributed by atoms with E-state index in [2.05, 4.69) is 4.74 Å². The molecule has 0 spiro atoms. The summed E-state index contributed by atoms with van der Waals surface area (Å²) in [6, 6.07) is 0. The van der Waals surface area contributed by atoms with Gasteiger partial charge in [-0.05, 0) is 19.8 Å². The Bertz CT molecular complexity index is 146. The Morgan fingerprint density at radius 3 is 2.50 bits per heavy atom. The number of hydrogen-bond acceptors (Lipinski definition) is 3. The van der Waals surface area contributed by atoms with Crippen molar-refractivity contribution in [2.75, 3.05) is 7.11 Å². The minimum atomic E-state index is -0.126. The van der Waals surface area contributed by atoms with Crippen LogP contribution < -0.4 is 5.73 Å². The fourth-order valence-electron chi connectivity index (χ4n) is 1.40. The standard InChI is InChI=1S/C7H13NO2/c1-7(8)3-5(4-7)6(9)10-2/h5H,3-4,8H2,1-2H3. The molecular formula is C7H13NO2. The summed E-state index contributed by atoms with van der Waals surface area (Å²) in [6.45, 7) is 1.95. The average Bonchev–Trinajstić information content (AvgIpc) is 1.81. The van der Waals surface area contributed by atoms with Gasteiger partial charge in [-0.15, -0.1) is 0 Å². The Hall–Kier alpha value is -0.570. The van der Waals surface area contributed by atoms with Crippen molar-refractivity contribution < 1.29 is 9.53 Å². The van der Waals surface area contributed by atoms with Crippen LogP contribution in [0, 0.1) is 5.92 Å². The van der Waals surface area contributed by atoms with Gasteiger partial charge in [0.05, 0.1) is 13.0 Å². The zero-order valence-corrected chi connectivity index (χ0v) is 6.39. The number of esters is 1. The van der Waals surface area contributed by atoms with Gasteiger partial charge in [-0.1, -0.05) is 0 Å². The normalized spacial score (nSPS) is 38.5. The lowest BCUT2D eigenvalue weighted by atomic mass is 9.70. The molecule has 0 aromatic heterocycles. The van der Waals surface area contributed by atoms with E-state index in [9.17, 15) is 4.79 Å². The van der Waals surface area contributed by atoms with Gasteiger partial charge in [0.1, 0.15) is 0 Å². The third kappa shape index (κ3) is 1.29. The molecule has 0 radical (unpaired) electrons. The Balaban J connectivity index is 2.33. The highest BCUT2D eigenvalue weighted by Crippen LogP contribution is 2.35. The van der Waals surface area contributed by atoms with Crippen LogP contribution in [0.4, 0.5) is 0 Å². The molecule has 3 heteroatoms. The van der Waals surface area contributed by atoms with Gasteiger partial charge in [-0.3, -0.25) is 4.79 Å². The van der Waals surface area contributed by atoms with Crippen molar-refractivity contribution >= 4 is 5.97 Å². The molecule has 0 amide bonds. The first-order valence-corrected chi connectivity index (χ1v) is 3.42. The molecule has 0 heterocycles. The van der Waals surface area contributed by atoms with Crippen LogP contribution in [0.3, 0.4) is 0 Å². The SMILES string of the molecule is COC(=O)C1CC(C)(N)C1. The van der Waals surface area contributed by atoms with Crippen LogP contribution >= 0.6 is 0 Å². The van der Waals surface area contributed by atoms with E-state index >= 15 is 0 Å². The lowest BCUT2D eigenvalue weighted by Gasteiger charge is -2.40.